The van der Waals surface area contributed by atoms with Gasteiger partial charge in [0.15, 0.2) is 5.96 Å². The van der Waals surface area contributed by atoms with E-state index < -0.39 is 0 Å². The maximum atomic E-state index is 5.68. The van der Waals surface area contributed by atoms with Crippen molar-refractivity contribution in [2.24, 2.45) is 12.0 Å². The van der Waals surface area contributed by atoms with E-state index in [4.69, 9.17) is 4.74 Å². The third-order valence-corrected chi connectivity index (χ3v) is 5.81. The molecular formula is C23H35N5O. The van der Waals surface area contributed by atoms with Crippen molar-refractivity contribution < 1.29 is 4.74 Å². The molecule has 0 spiro atoms. The highest BCUT2D eigenvalue weighted by Crippen LogP contribution is 2.30. The Morgan fingerprint density at radius 3 is 2.59 bits per heavy atom. The highest BCUT2D eigenvalue weighted by molar-refractivity contribution is 5.79. The molecule has 1 aliphatic rings. The molecule has 2 heterocycles. The minimum Gasteiger partial charge on any atom is -0.496 e. The van der Waals surface area contributed by atoms with Crippen LogP contribution < -0.4 is 10.1 Å². The summed E-state index contributed by atoms with van der Waals surface area (Å²) in [4.78, 5) is 9.28. The van der Waals surface area contributed by atoms with Gasteiger partial charge in [0.05, 0.1) is 19.7 Å². The Balaban J connectivity index is 1.73. The number of methoxy groups -OCH3 is 1. The summed E-state index contributed by atoms with van der Waals surface area (Å²) in [5.41, 5.74) is 2.50. The number of aromatic nitrogens is 1. The van der Waals surface area contributed by atoms with Gasteiger partial charge in [-0.1, -0.05) is 24.6 Å². The van der Waals surface area contributed by atoms with Gasteiger partial charge in [-0.25, -0.2) is 0 Å². The quantitative estimate of drug-likeness (QED) is 0.575. The van der Waals surface area contributed by atoms with E-state index >= 15 is 0 Å². The van der Waals surface area contributed by atoms with Crippen molar-refractivity contribution in [3.63, 3.8) is 0 Å². The van der Waals surface area contributed by atoms with Gasteiger partial charge in [0.25, 0.3) is 0 Å². The fourth-order valence-electron chi connectivity index (χ4n) is 4.16. The van der Waals surface area contributed by atoms with Crippen molar-refractivity contribution in [3.8, 4) is 5.75 Å². The van der Waals surface area contributed by atoms with E-state index in [1.807, 2.05) is 13.1 Å². The van der Waals surface area contributed by atoms with Gasteiger partial charge in [-0.15, -0.1) is 0 Å². The van der Waals surface area contributed by atoms with Crippen LogP contribution in [0, 0.1) is 0 Å². The molecule has 6 heteroatoms. The summed E-state index contributed by atoms with van der Waals surface area (Å²) >= 11 is 0. The number of guanidine groups is 1. The lowest BCUT2D eigenvalue weighted by molar-refractivity contribution is 0.161. The summed E-state index contributed by atoms with van der Waals surface area (Å²) in [5, 5.41) is 3.62. The fraction of sp³-hybridized carbons (Fsp3) is 0.522. The topological polar surface area (TPSA) is 45.0 Å². The number of para-hydroxylation sites is 1. The van der Waals surface area contributed by atoms with Gasteiger partial charge in [0.2, 0.25) is 0 Å². The Bertz CT molecular complexity index is 794. The average molecular weight is 398 g/mol. The summed E-state index contributed by atoms with van der Waals surface area (Å²) in [5.74, 6) is 1.86. The van der Waals surface area contributed by atoms with Crippen molar-refractivity contribution in [2.45, 2.75) is 31.8 Å². The minimum absolute atomic E-state index is 0.256. The van der Waals surface area contributed by atoms with Gasteiger partial charge in [-0.3, -0.25) is 9.89 Å². The van der Waals surface area contributed by atoms with Gasteiger partial charge in [0, 0.05) is 45.1 Å². The predicted octanol–water partition coefficient (Wildman–Crippen LogP) is 3.27. The minimum atomic E-state index is 0.256. The number of nitrogens with zero attached hydrogens (tertiary/aromatic N) is 4. The van der Waals surface area contributed by atoms with Crippen LogP contribution in [-0.4, -0.2) is 61.2 Å². The molecule has 0 aliphatic carbocycles. The Morgan fingerprint density at radius 1 is 1.17 bits per heavy atom. The summed E-state index contributed by atoms with van der Waals surface area (Å²) in [6.07, 6.45) is 5.92. The number of piperidine rings is 1. The number of hydrogen-bond acceptors (Lipinski definition) is 3. The Kier molecular flexibility index (Phi) is 7.58. The maximum Gasteiger partial charge on any atom is 0.193 e. The van der Waals surface area contributed by atoms with Crippen LogP contribution in [0.1, 0.15) is 36.6 Å². The van der Waals surface area contributed by atoms with Crippen molar-refractivity contribution in [1.82, 2.24) is 19.7 Å². The lowest BCUT2D eigenvalue weighted by atomic mass is 10.0. The normalized spacial score (nSPS) is 16.5. The number of hydrogen-bond donors (Lipinski definition) is 1. The number of likely N-dealkylation sites (tertiary alicyclic amines) is 1. The van der Waals surface area contributed by atoms with E-state index in [1.54, 1.807) is 7.11 Å². The molecule has 1 aromatic heterocycles. The number of ether oxygens (including phenoxy) is 1. The van der Waals surface area contributed by atoms with Crippen LogP contribution in [-0.2, 0) is 13.6 Å². The number of rotatable bonds is 7. The van der Waals surface area contributed by atoms with E-state index in [9.17, 15) is 0 Å². The molecule has 0 amide bonds. The zero-order valence-electron chi connectivity index (χ0n) is 18.3. The molecule has 0 saturated carbocycles. The second-order valence-corrected chi connectivity index (χ2v) is 7.75. The van der Waals surface area contributed by atoms with Gasteiger partial charge in [0.1, 0.15) is 5.75 Å². The lowest BCUT2D eigenvalue weighted by Gasteiger charge is -2.36. The zero-order valence-corrected chi connectivity index (χ0v) is 18.3. The Hall–Kier alpha value is -2.47. The summed E-state index contributed by atoms with van der Waals surface area (Å²) < 4.78 is 7.83. The molecular weight excluding hydrogens is 362 g/mol. The van der Waals surface area contributed by atoms with E-state index in [-0.39, 0.29) is 6.04 Å². The highest BCUT2D eigenvalue weighted by atomic mass is 16.5. The first kappa shape index (κ1) is 21.2. The van der Waals surface area contributed by atoms with E-state index in [2.05, 4.69) is 75.3 Å². The van der Waals surface area contributed by atoms with Crippen molar-refractivity contribution in [2.75, 3.05) is 40.8 Å². The van der Waals surface area contributed by atoms with E-state index in [1.165, 1.54) is 30.5 Å². The van der Waals surface area contributed by atoms with Gasteiger partial charge in [-0.2, -0.15) is 0 Å². The molecule has 2 aromatic rings. The van der Waals surface area contributed by atoms with Crippen molar-refractivity contribution >= 4 is 5.96 Å². The average Bonchev–Trinajstić information content (AvgIpc) is 3.16. The molecule has 1 aliphatic heterocycles. The van der Waals surface area contributed by atoms with Gasteiger partial charge in [-0.05, 0) is 44.1 Å². The third kappa shape index (κ3) is 5.32. The summed E-state index contributed by atoms with van der Waals surface area (Å²) in [6.45, 7) is 3.86. The number of benzene rings is 1. The SMILES string of the molecule is CN=C(NCC(c1ccccc1OC)N1CCCCC1)N(C)Cc1cccn1C. The summed E-state index contributed by atoms with van der Waals surface area (Å²) in [6, 6.07) is 12.9. The molecule has 1 N–H and O–H groups in total. The molecule has 1 unspecified atom stereocenters. The van der Waals surface area contributed by atoms with Crippen molar-refractivity contribution in [1.29, 1.82) is 0 Å². The molecule has 3 rings (SSSR count). The first-order valence-corrected chi connectivity index (χ1v) is 10.5. The van der Waals surface area contributed by atoms with Crippen LogP contribution in [0.25, 0.3) is 0 Å². The Labute approximate surface area is 175 Å². The maximum absolute atomic E-state index is 5.68. The fourth-order valence-corrected chi connectivity index (χ4v) is 4.16. The number of nitrogens with one attached hydrogen (secondary N) is 1. The standard InChI is InChI=1S/C23H35N5O/c1-24-23(27(3)18-19-11-10-14-26(19)2)25-17-21(28-15-8-5-9-16-28)20-12-6-7-13-22(20)29-4/h6-7,10-14,21H,5,8-9,15-18H2,1-4H3,(H,24,25). The zero-order chi connectivity index (χ0) is 20.6. The number of aliphatic imine (C=N–C) groups is 1. The van der Waals surface area contributed by atoms with Gasteiger partial charge >= 0.3 is 0 Å². The number of aryl methyl sites for hydroxylation is 1. The smallest absolute Gasteiger partial charge is 0.193 e. The second-order valence-electron chi connectivity index (χ2n) is 7.75. The molecule has 0 bridgehead atoms. The van der Waals surface area contributed by atoms with Crippen LogP contribution in [0.3, 0.4) is 0 Å². The summed E-state index contributed by atoms with van der Waals surface area (Å²) in [7, 11) is 7.77. The molecule has 1 fully saturated rings. The molecule has 1 saturated heterocycles. The third-order valence-electron chi connectivity index (χ3n) is 5.81. The van der Waals surface area contributed by atoms with E-state index in [0.717, 1.165) is 37.9 Å². The monoisotopic (exact) mass is 397 g/mol. The van der Waals surface area contributed by atoms with Crippen LogP contribution in [0.2, 0.25) is 0 Å². The first-order chi connectivity index (χ1) is 14.1. The largest absolute Gasteiger partial charge is 0.496 e. The lowest BCUT2D eigenvalue weighted by Crippen LogP contribution is -2.45. The first-order valence-electron chi connectivity index (χ1n) is 10.5. The molecule has 158 valence electrons. The molecule has 1 atom stereocenters. The van der Waals surface area contributed by atoms with E-state index in [0.29, 0.717) is 0 Å². The second kappa shape index (κ2) is 10.3. The van der Waals surface area contributed by atoms with Gasteiger partial charge < -0.3 is 19.5 Å². The van der Waals surface area contributed by atoms with Crippen LogP contribution in [0.15, 0.2) is 47.6 Å². The molecule has 29 heavy (non-hydrogen) atoms. The van der Waals surface area contributed by atoms with Crippen LogP contribution in [0.4, 0.5) is 0 Å². The molecule has 1 aromatic carbocycles. The predicted molar refractivity (Wildman–Crippen MR) is 119 cm³/mol. The van der Waals surface area contributed by atoms with Crippen LogP contribution in [0.5, 0.6) is 5.75 Å². The Morgan fingerprint density at radius 2 is 1.93 bits per heavy atom. The highest BCUT2D eigenvalue weighted by Gasteiger charge is 2.25. The van der Waals surface area contributed by atoms with Crippen molar-refractivity contribution in [3.05, 3.63) is 53.9 Å². The van der Waals surface area contributed by atoms with Crippen LogP contribution >= 0.6 is 0 Å². The molecule has 6 nitrogen and oxygen atoms in total. The molecule has 0 radical (unpaired) electrons.